The lowest BCUT2D eigenvalue weighted by molar-refractivity contribution is -0.123. The number of hydrogen-bond donors (Lipinski definition) is 2. The first kappa shape index (κ1) is 22.6. The fourth-order valence-corrected chi connectivity index (χ4v) is 4.34. The number of carbonyl (C=O) groups excluding carboxylic acids is 1. The number of amides is 1. The standard InChI is InChI=1S/C25H34N4O3/c1-27-11-13-29(14-12-27)22-7-4-8-24(15-22)32-19-25(31)26-16-23(30)18-28-10-9-20-5-2-3-6-21(20)17-28/h2-8,15,23,30H,9-14,16-19H2,1H3,(H,26,31)/t23-/m1/s1. The quantitative estimate of drug-likeness (QED) is 0.649. The molecular formula is C25H34N4O3. The predicted molar refractivity (Wildman–Crippen MR) is 126 cm³/mol. The Kier molecular flexibility index (Phi) is 7.63. The van der Waals surface area contributed by atoms with Crippen molar-refractivity contribution >= 4 is 11.6 Å². The van der Waals surface area contributed by atoms with E-state index in [1.165, 1.54) is 11.1 Å². The number of ether oxygens (including phenoxy) is 1. The van der Waals surface area contributed by atoms with Gasteiger partial charge in [-0.25, -0.2) is 0 Å². The van der Waals surface area contributed by atoms with Crippen molar-refractivity contribution in [3.8, 4) is 5.75 Å². The van der Waals surface area contributed by atoms with Gasteiger partial charge in [-0.2, -0.15) is 0 Å². The van der Waals surface area contributed by atoms with Gasteiger partial charge in [-0.15, -0.1) is 0 Å². The number of aliphatic hydroxyl groups is 1. The number of piperazine rings is 1. The smallest absolute Gasteiger partial charge is 0.258 e. The van der Waals surface area contributed by atoms with Gasteiger partial charge in [-0.05, 0) is 36.7 Å². The molecule has 2 heterocycles. The lowest BCUT2D eigenvalue weighted by Crippen LogP contribution is -2.44. The van der Waals surface area contributed by atoms with E-state index in [1.807, 2.05) is 18.2 Å². The first-order chi connectivity index (χ1) is 15.6. The van der Waals surface area contributed by atoms with Gasteiger partial charge in [0.25, 0.3) is 5.91 Å². The van der Waals surface area contributed by atoms with Gasteiger partial charge in [0.2, 0.25) is 0 Å². The molecule has 1 saturated heterocycles. The van der Waals surface area contributed by atoms with E-state index < -0.39 is 6.10 Å². The van der Waals surface area contributed by atoms with Crippen molar-refractivity contribution in [1.29, 1.82) is 0 Å². The molecule has 1 amide bonds. The van der Waals surface area contributed by atoms with Crippen LogP contribution in [0.4, 0.5) is 5.69 Å². The molecule has 0 radical (unpaired) electrons. The summed E-state index contributed by atoms with van der Waals surface area (Å²) >= 11 is 0. The van der Waals surface area contributed by atoms with Crippen molar-refractivity contribution in [2.24, 2.45) is 0 Å². The monoisotopic (exact) mass is 438 g/mol. The lowest BCUT2D eigenvalue weighted by Gasteiger charge is -2.34. The van der Waals surface area contributed by atoms with E-state index >= 15 is 0 Å². The lowest BCUT2D eigenvalue weighted by atomic mass is 10.00. The van der Waals surface area contributed by atoms with Gasteiger partial charge in [-0.3, -0.25) is 9.69 Å². The molecule has 0 aromatic heterocycles. The fraction of sp³-hybridized carbons (Fsp3) is 0.480. The average molecular weight is 439 g/mol. The van der Waals surface area contributed by atoms with Gasteiger partial charge in [0.05, 0.1) is 6.10 Å². The summed E-state index contributed by atoms with van der Waals surface area (Å²) in [6.07, 6.45) is 0.390. The van der Waals surface area contributed by atoms with Gasteiger partial charge in [0, 0.05) is 64.1 Å². The molecule has 0 unspecified atom stereocenters. The zero-order valence-corrected chi connectivity index (χ0v) is 18.9. The summed E-state index contributed by atoms with van der Waals surface area (Å²) in [5.41, 5.74) is 3.83. The number of rotatable bonds is 8. The van der Waals surface area contributed by atoms with Crippen LogP contribution in [0.2, 0.25) is 0 Å². The molecular weight excluding hydrogens is 404 g/mol. The van der Waals surface area contributed by atoms with E-state index in [0.29, 0.717) is 12.3 Å². The SMILES string of the molecule is CN1CCN(c2cccc(OCC(=O)NC[C@@H](O)CN3CCc4ccccc4C3)c2)CC1. The van der Waals surface area contributed by atoms with Crippen LogP contribution in [-0.2, 0) is 17.8 Å². The Morgan fingerprint density at radius 2 is 1.84 bits per heavy atom. The number of nitrogens with one attached hydrogen (secondary N) is 1. The summed E-state index contributed by atoms with van der Waals surface area (Å²) in [4.78, 5) is 19.1. The van der Waals surface area contributed by atoms with Crippen molar-refractivity contribution in [1.82, 2.24) is 15.1 Å². The Morgan fingerprint density at radius 3 is 2.66 bits per heavy atom. The summed E-state index contributed by atoms with van der Waals surface area (Å²) in [6, 6.07) is 16.3. The predicted octanol–water partition coefficient (Wildman–Crippen LogP) is 1.35. The molecule has 2 aromatic carbocycles. The maximum Gasteiger partial charge on any atom is 0.258 e. The Labute approximate surface area is 190 Å². The number of fused-ring (bicyclic) bond motifs is 1. The summed E-state index contributed by atoms with van der Waals surface area (Å²) in [6.45, 7) is 6.53. The Balaban J connectivity index is 1.17. The maximum atomic E-state index is 12.2. The van der Waals surface area contributed by atoms with Crippen LogP contribution in [0.25, 0.3) is 0 Å². The first-order valence-corrected chi connectivity index (χ1v) is 11.5. The largest absolute Gasteiger partial charge is 0.484 e. The molecule has 0 aliphatic carbocycles. The number of carbonyl (C=O) groups is 1. The van der Waals surface area contributed by atoms with Crippen LogP contribution in [0, 0.1) is 0 Å². The topological polar surface area (TPSA) is 68.3 Å². The number of anilines is 1. The second kappa shape index (κ2) is 10.8. The molecule has 7 heteroatoms. The van der Waals surface area contributed by atoms with Crippen LogP contribution in [0.5, 0.6) is 5.75 Å². The molecule has 1 atom stereocenters. The molecule has 7 nitrogen and oxygen atoms in total. The third kappa shape index (κ3) is 6.22. The summed E-state index contributed by atoms with van der Waals surface area (Å²) < 4.78 is 5.70. The van der Waals surface area contributed by atoms with Crippen molar-refractivity contribution in [2.45, 2.75) is 19.1 Å². The molecule has 172 valence electrons. The van der Waals surface area contributed by atoms with Crippen LogP contribution >= 0.6 is 0 Å². The Morgan fingerprint density at radius 1 is 1.06 bits per heavy atom. The summed E-state index contributed by atoms with van der Waals surface area (Å²) in [7, 11) is 2.14. The molecule has 0 bridgehead atoms. The van der Waals surface area contributed by atoms with Crippen molar-refractivity contribution in [2.75, 3.05) is 64.4 Å². The zero-order chi connectivity index (χ0) is 22.3. The van der Waals surface area contributed by atoms with E-state index in [1.54, 1.807) is 0 Å². The molecule has 2 aliphatic rings. The van der Waals surface area contributed by atoms with E-state index in [2.05, 4.69) is 57.4 Å². The van der Waals surface area contributed by atoms with Crippen molar-refractivity contribution < 1.29 is 14.6 Å². The molecule has 2 aliphatic heterocycles. The van der Waals surface area contributed by atoms with Gasteiger partial charge in [-0.1, -0.05) is 30.3 Å². The Hall–Kier alpha value is -2.61. The first-order valence-electron chi connectivity index (χ1n) is 11.5. The van der Waals surface area contributed by atoms with E-state index in [-0.39, 0.29) is 19.1 Å². The normalized spacial score (nSPS) is 18.1. The van der Waals surface area contributed by atoms with E-state index in [0.717, 1.165) is 51.4 Å². The van der Waals surface area contributed by atoms with Crippen LogP contribution < -0.4 is 15.0 Å². The van der Waals surface area contributed by atoms with Crippen LogP contribution in [0.15, 0.2) is 48.5 Å². The Bertz CT molecular complexity index is 898. The number of nitrogens with zero attached hydrogens (tertiary/aromatic N) is 3. The summed E-state index contributed by atoms with van der Waals surface area (Å²) in [5, 5.41) is 13.2. The highest BCUT2D eigenvalue weighted by Gasteiger charge is 2.19. The number of hydrogen-bond acceptors (Lipinski definition) is 6. The minimum absolute atomic E-state index is 0.0595. The second-order valence-electron chi connectivity index (χ2n) is 8.79. The van der Waals surface area contributed by atoms with E-state index in [9.17, 15) is 9.90 Å². The zero-order valence-electron chi connectivity index (χ0n) is 18.9. The number of aliphatic hydroxyl groups excluding tert-OH is 1. The van der Waals surface area contributed by atoms with Crippen LogP contribution in [-0.4, -0.2) is 86.4 Å². The van der Waals surface area contributed by atoms with Gasteiger partial charge >= 0.3 is 0 Å². The van der Waals surface area contributed by atoms with E-state index in [4.69, 9.17) is 4.74 Å². The van der Waals surface area contributed by atoms with Crippen LogP contribution in [0.3, 0.4) is 0 Å². The second-order valence-corrected chi connectivity index (χ2v) is 8.79. The third-order valence-corrected chi connectivity index (χ3v) is 6.27. The number of benzene rings is 2. The van der Waals surface area contributed by atoms with Crippen LogP contribution in [0.1, 0.15) is 11.1 Å². The molecule has 2 N–H and O–H groups in total. The molecule has 0 spiro atoms. The van der Waals surface area contributed by atoms with Gasteiger partial charge in [0.1, 0.15) is 5.75 Å². The van der Waals surface area contributed by atoms with Crippen molar-refractivity contribution in [3.05, 3.63) is 59.7 Å². The fourth-order valence-electron chi connectivity index (χ4n) is 4.34. The number of likely N-dealkylation sites (N-methyl/N-ethyl adjacent to an activating group) is 1. The minimum atomic E-state index is -0.607. The van der Waals surface area contributed by atoms with Gasteiger partial charge < -0.3 is 25.0 Å². The third-order valence-electron chi connectivity index (χ3n) is 6.27. The molecule has 2 aromatic rings. The average Bonchev–Trinajstić information content (AvgIpc) is 2.82. The minimum Gasteiger partial charge on any atom is -0.484 e. The van der Waals surface area contributed by atoms with Gasteiger partial charge in [0.15, 0.2) is 6.61 Å². The highest BCUT2D eigenvalue weighted by Crippen LogP contribution is 2.22. The highest BCUT2D eigenvalue weighted by molar-refractivity contribution is 5.77. The molecule has 32 heavy (non-hydrogen) atoms. The molecule has 4 rings (SSSR count). The highest BCUT2D eigenvalue weighted by atomic mass is 16.5. The van der Waals surface area contributed by atoms with Crippen molar-refractivity contribution in [3.63, 3.8) is 0 Å². The maximum absolute atomic E-state index is 12.2. The molecule has 1 fully saturated rings. The molecule has 0 saturated carbocycles. The number of β-amino-alcohol motifs (C(OH)–C–C–N with tert-alkyl or cyclic N) is 1. The summed E-state index contributed by atoms with van der Waals surface area (Å²) in [5.74, 6) is 0.460.